The van der Waals surface area contributed by atoms with Crippen LogP contribution in [0.25, 0.3) is 5.65 Å². The van der Waals surface area contributed by atoms with Crippen LogP contribution < -0.4 is 5.32 Å². The van der Waals surface area contributed by atoms with E-state index in [1.165, 1.54) is 16.7 Å². The monoisotopic (exact) mass is 266 g/mol. The van der Waals surface area contributed by atoms with Gasteiger partial charge in [0.1, 0.15) is 12.1 Å². The molecule has 1 atom stereocenters. The topological polar surface area (TPSA) is 42.2 Å². The van der Waals surface area contributed by atoms with Crippen molar-refractivity contribution in [1.82, 2.24) is 14.6 Å². The number of rotatable bonds is 3. The second kappa shape index (κ2) is 4.96. The first-order valence-corrected chi connectivity index (χ1v) is 6.77. The summed E-state index contributed by atoms with van der Waals surface area (Å²) in [6, 6.07) is 12.9. The number of nitrogens with zero attached hydrogens (tertiary/aromatic N) is 3. The lowest BCUT2D eigenvalue weighted by atomic mass is 10.1. The van der Waals surface area contributed by atoms with Crippen LogP contribution in [0.4, 0.5) is 5.82 Å². The molecule has 4 heteroatoms. The molecule has 0 radical (unpaired) electrons. The first-order valence-electron chi connectivity index (χ1n) is 6.77. The van der Waals surface area contributed by atoms with Gasteiger partial charge in [-0.25, -0.2) is 4.98 Å². The number of hydrogen-bond acceptors (Lipinski definition) is 3. The van der Waals surface area contributed by atoms with Crippen LogP contribution in [0.15, 0.2) is 42.7 Å². The number of fused-ring (bicyclic) bond motifs is 1. The lowest BCUT2D eigenvalue weighted by Gasteiger charge is -2.17. The molecule has 0 saturated carbocycles. The molecule has 2 aromatic heterocycles. The quantitative estimate of drug-likeness (QED) is 0.788. The third-order valence-corrected chi connectivity index (χ3v) is 3.47. The van der Waals surface area contributed by atoms with Gasteiger partial charge in [0.15, 0.2) is 5.65 Å². The van der Waals surface area contributed by atoms with E-state index in [2.05, 4.69) is 66.5 Å². The Kier molecular flexibility index (Phi) is 3.14. The van der Waals surface area contributed by atoms with Gasteiger partial charge in [0.25, 0.3) is 0 Å². The van der Waals surface area contributed by atoms with E-state index in [1.54, 1.807) is 6.33 Å². The third-order valence-electron chi connectivity index (χ3n) is 3.47. The highest BCUT2D eigenvalue weighted by molar-refractivity contribution is 5.52. The number of aromatic nitrogens is 3. The second-order valence-corrected chi connectivity index (χ2v) is 5.22. The Hall–Kier alpha value is -2.36. The van der Waals surface area contributed by atoms with E-state index in [-0.39, 0.29) is 6.04 Å². The van der Waals surface area contributed by atoms with Gasteiger partial charge in [0, 0.05) is 6.04 Å². The van der Waals surface area contributed by atoms with Gasteiger partial charge in [-0.3, -0.25) is 0 Å². The fourth-order valence-corrected chi connectivity index (χ4v) is 2.32. The Labute approximate surface area is 118 Å². The number of nitrogens with one attached hydrogen (secondary N) is 1. The zero-order valence-corrected chi connectivity index (χ0v) is 12.0. The van der Waals surface area contributed by atoms with Crippen molar-refractivity contribution in [2.24, 2.45) is 0 Å². The van der Waals surface area contributed by atoms with Gasteiger partial charge in [-0.05, 0) is 44.0 Å². The lowest BCUT2D eigenvalue weighted by molar-refractivity contribution is 0.845. The van der Waals surface area contributed by atoms with Gasteiger partial charge >= 0.3 is 0 Å². The molecule has 1 aromatic carbocycles. The number of hydrogen-bond donors (Lipinski definition) is 1. The normalized spacial score (nSPS) is 12.6. The molecular formula is C16H18N4. The van der Waals surface area contributed by atoms with Crippen molar-refractivity contribution in [3.63, 3.8) is 0 Å². The van der Waals surface area contributed by atoms with E-state index in [9.17, 15) is 0 Å². The van der Waals surface area contributed by atoms with Crippen LogP contribution in [0, 0.1) is 13.8 Å². The summed E-state index contributed by atoms with van der Waals surface area (Å²) in [6.07, 6.45) is 1.58. The van der Waals surface area contributed by atoms with Gasteiger partial charge in [-0.15, -0.1) is 0 Å². The standard InChI is InChI=1S/C16H18N4/c1-11-4-6-14(7-5-11)13(3)19-16-9-12(2)8-15-17-10-18-20(15)16/h4-10,13,19H,1-3H3. The summed E-state index contributed by atoms with van der Waals surface area (Å²) in [5, 5.41) is 7.77. The molecule has 0 aliphatic carbocycles. The van der Waals surface area contributed by atoms with Crippen molar-refractivity contribution < 1.29 is 0 Å². The highest BCUT2D eigenvalue weighted by Gasteiger charge is 2.09. The van der Waals surface area contributed by atoms with Crippen LogP contribution in [-0.2, 0) is 0 Å². The maximum atomic E-state index is 4.26. The molecule has 20 heavy (non-hydrogen) atoms. The van der Waals surface area contributed by atoms with Gasteiger partial charge in [0.2, 0.25) is 0 Å². The third kappa shape index (κ3) is 2.37. The van der Waals surface area contributed by atoms with Crippen molar-refractivity contribution in [2.75, 3.05) is 5.32 Å². The molecule has 102 valence electrons. The molecule has 0 saturated heterocycles. The highest BCUT2D eigenvalue weighted by Crippen LogP contribution is 2.21. The fourth-order valence-electron chi connectivity index (χ4n) is 2.32. The number of anilines is 1. The van der Waals surface area contributed by atoms with Gasteiger partial charge < -0.3 is 5.32 Å². The first kappa shape index (κ1) is 12.7. The summed E-state index contributed by atoms with van der Waals surface area (Å²) in [7, 11) is 0. The van der Waals surface area contributed by atoms with Gasteiger partial charge in [-0.2, -0.15) is 9.61 Å². The number of benzene rings is 1. The zero-order chi connectivity index (χ0) is 14.1. The smallest absolute Gasteiger partial charge is 0.157 e. The predicted octanol–water partition coefficient (Wildman–Crippen LogP) is 3.52. The van der Waals surface area contributed by atoms with Crippen LogP contribution in [0.5, 0.6) is 0 Å². The predicted molar refractivity (Wildman–Crippen MR) is 80.9 cm³/mol. The maximum absolute atomic E-state index is 4.26. The van der Waals surface area contributed by atoms with E-state index in [1.807, 2.05) is 10.6 Å². The van der Waals surface area contributed by atoms with Crippen molar-refractivity contribution in [3.8, 4) is 0 Å². The highest BCUT2D eigenvalue weighted by atomic mass is 15.3. The van der Waals surface area contributed by atoms with E-state index in [0.717, 1.165) is 11.5 Å². The van der Waals surface area contributed by atoms with Crippen molar-refractivity contribution >= 4 is 11.5 Å². The maximum Gasteiger partial charge on any atom is 0.157 e. The summed E-state index contributed by atoms with van der Waals surface area (Å²) in [5.41, 5.74) is 4.56. The Balaban J connectivity index is 1.92. The van der Waals surface area contributed by atoms with Crippen molar-refractivity contribution in [3.05, 3.63) is 59.4 Å². The zero-order valence-electron chi connectivity index (χ0n) is 12.0. The number of aryl methyl sites for hydroxylation is 2. The Bertz CT molecular complexity index is 728. The molecule has 0 fully saturated rings. The molecule has 0 amide bonds. The van der Waals surface area contributed by atoms with Crippen LogP contribution in [-0.4, -0.2) is 14.6 Å². The summed E-state index contributed by atoms with van der Waals surface area (Å²) in [5.74, 6) is 0.963. The van der Waals surface area contributed by atoms with Crippen LogP contribution in [0.3, 0.4) is 0 Å². The SMILES string of the molecule is Cc1ccc(C(C)Nc2cc(C)cc3ncnn23)cc1. The minimum Gasteiger partial charge on any atom is -0.363 e. The van der Waals surface area contributed by atoms with Crippen LogP contribution in [0.1, 0.15) is 29.7 Å². The van der Waals surface area contributed by atoms with E-state index >= 15 is 0 Å². The molecule has 1 N–H and O–H groups in total. The number of pyridine rings is 1. The summed E-state index contributed by atoms with van der Waals surface area (Å²) < 4.78 is 1.83. The molecule has 0 spiro atoms. The first-order chi connectivity index (χ1) is 9.63. The average Bonchev–Trinajstić information content (AvgIpc) is 2.87. The Morgan fingerprint density at radius 2 is 1.80 bits per heavy atom. The summed E-state index contributed by atoms with van der Waals surface area (Å²) >= 11 is 0. The molecule has 2 heterocycles. The molecular weight excluding hydrogens is 248 g/mol. The minimum absolute atomic E-state index is 0.213. The van der Waals surface area contributed by atoms with Gasteiger partial charge in [0.05, 0.1) is 0 Å². The Morgan fingerprint density at radius 3 is 2.55 bits per heavy atom. The molecule has 3 rings (SSSR count). The van der Waals surface area contributed by atoms with E-state index in [0.29, 0.717) is 0 Å². The largest absolute Gasteiger partial charge is 0.363 e. The van der Waals surface area contributed by atoms with E-state index in [4.69, 9.17) is 0 Å². The molecule has 0 aliphatic rings. The molecule has 4 nitrogen and oxygen atoms in total. The Morgan fingerprint density at radius 1 is 1.05 bits per heavy atom. The minimum atomic E-state index is 0.213. The lowest BCUT2D eigenvalue weighted by Crippen LogP contribution is -2.10. The van der Waals surface area contributed by atoms with Crippen molar-refractivity contribution in [1.29, 1.82) is 0 Å². The van der Waals surface area contributed by atoms with Crippen molar-refractivity contribution in [2.45, 2.75) is 26.8 Å². The van der Waals surface area contributed by atoms with E-state index < -0.39 is 0 Å². The second-order valence-electron chi connectivity index (χ2n) is 5.22. The molecule has 0 bridgehead atoms. The summed E-state index contributed by atoms with van der Waals surface area (Å²) in [4.78, 5) is 4.24. The molecule has 3 aromatic rings. The average molecular weight is 266 g/mol. The summed E-state index contributed by atoms with van der Waals surface area (Å²) in [6.45, 7) is 6.31. The fraction of sp³-hybridized carbons (Fsp3) is 0.250. The van der Waals surface area contributed by atoms with Crippen LogP contribution >= 0.6 is 0 Å². The molecule has 1 unspecified atom stereocenters. The van der Waals surface area contributed by atoms with Gasteiger partial charge in [-0.1, -0.05) is 29.8 Å². The van der Waals surface area contributed by atoms with Crippen LogP contribution in [0.2, 0.25) is 0 Å². The molecule has 0 aliphatic heterocycles.